The molecule has 3 aromatic rings. The Hall–Kier alpha value is -3.65. The van der Waals surface area contributed by atoms with Gasteiger partial charge in [0.2, 0.25) is 11.0 Å². The molecule has 0 saturated heterocycles. The van der Waals surface area contributed by atoms with Crippen molar-refractivity contribution < 1.29 is 9.59 Å². The molecule has 0 fully saturated rings. The highest BCUT2D eigenvalue weighted by Gasteiger charge is 2.61. The number of nitrogens with one attached hydrogen (secondary N) is 1. The zero-order valence-electron chi connectivity index (χ0n) is 21.1. The van der Waals surface area contributed by atoms with Crippen LogP contribution >= 0.6 is 34.7 Å². The molecular weight excluding hydrogens is 552 g/mol. The maximum Gasteiger partial charge on any atom is 0.245 e. The number of nitriles is 1. The molecule has 0 bridgehead atoms. The smallest absolute Gasteiger partial charge is 0.245 e. The fourth-order valence-corrected chi connectivity index (χ4v) is 7.86. The maximum absolute atomic E-state index is 13.9. The molecule has 11 heteroatoms. The van der Waals surface area contributed by atoms with Crippen LogP contribution < -0.4 is 16.0 Å². The van der Waals surface area contributed by atoms with Gasteiger partial charge in [0.1, 0.15) is 17.3 Å². The molecule has 8 nitrogen and oxygen atoms in total. The van der Waals surface area contributed by atoms with Crippen molar-refractivity contribution in [3.05, 3.63) is 87.3 Å². The molecule has 1 spiro atoms. The third-order valence-corrected chi connectivity index (χ3v) is 9.76. The molecule has 196 valence electrons. The summed E-state index contributed by atoms with van der Waals surface area (Å²) < 4.78 is 0.684. The molecule has 3 N–H and O–H groups in total. The number of benzene rings is 2. The third kappa shape index (κ3) is 3.87. The monoisotopic (exact) mass is 574 g/mol. The number of nitrogens with zero attached hydrogens (tertiary/aromatic N) is 4. The summed E-state index contributed by atoms with van der Waals surface area (Å²) >= 11 is 9.11. The lowest BCUT2D eigenvalue weighted by Crippen LogP contribution is -2.52. The Labute approximate surface area is 238 Å². The molecular formula is C28H23ClN6O2S2. The van der Waals surface area contributed by atoms with Gasteiger partial charge in [-0.2, -0.15) is 5.26 Å². The van der Waals surface area contributed by atoms with Crippen LogP contribution in [0.25, 0.3) is 0 Å². The number of fused-ring (bicyclic) bond motifs is 3. The van der Waals surface area contributed by atoms with E-state index in [1.807, 2.05) is 38.1 Å². The summed E-state index contributed by atoms with van der Waals surface area (Å²) in [4.78, 5) is 29.4. The Morgan fingerprint density at radius 3 is 2.67 bits per heavy atom. The van der Waals surface area contributed by atoms with Gasteiger partial charge in [-0.05, 0) is 29.5 Å². The molecule has 1 amide bonds. The van der Waals surface area contributed by atoms with Crippen molar-refractivity contribution >= 4 is 57.2 Å². The molecule has 1 aromatic heterocycles. The Bertz CT molecular complexity index is 1670. The zero-order chi connectivity index (χ0) is 27.5. The average molecular weight is 575 g/mol. The van der Waals surface area contributed by atoms with E-state index in [0.29, 0.717) is 43.6 Å². The molecule has 39 heavy (non-hydrogen) atoms. The van der Waals surface area contributed by atoms with Gasteiger partial charge in [-0.3, -0.25) is 14.5 Å². The van der Waals surface area contributed by atoms with Crippen molar-refractivity contribution in [1.82, 2.24) is 10.2 Å². The van der Waals surface area contributed by atoms with E-state index in [0.717, 1.165) is 5.56 Å². The maximum atomic E-state index is 13.9. The summed E-state index contributed by atoms with van der Waals surface area (Å²) in [7, 11) is 0. The SMILES string of the molecule is CC1(C)CC(=O)C2=C(C1)N(c1nnc(SCc3ccccc3Cl)s1)C(N)=C(C#N)[C@]21C(=O)Nc2ccccc21. The Morgan fingerprint density at radius 1 is 1.15 bits per heavy atom. The van der Waals surface area contributed by atoms with Crippen molar-refractivity contribution in [3.63, 3.8) is 0 Å². The van der Waals surface area contributed by atoms with Crippen LogP contribution in [0.2, 0.25) is 5.02 Å². The number of carbonyl (C=O) groups is 2. The number of ketones is 1. The number of hydrogen-bond donors (Lipinski definition) is 2. The van der Waals surface area contributed by atoms with Crippen LogP contribution in [0.3, 0.4) is 0 Å². The number of thioether (sulfide) groups is 1. The van der Waals surface area contributed by atoms with Crippen molar-refractivity contribution in [2.24, 2.45) is 11.1 Å². The third-order valence-electron chi connectivity index (χ3n) is 7.30. The van der Waals surface area contributed by atoms with Crippen LogP contribution in [-0.4, -0.2) is 21.9 Å². The van der Waals surface area contributed by atoms with E-state index in [9.17, 15) is 14.9 Å². The topological polar surface area (TPSA) is 125 Å². The number of aromatic nitrogens is 2. The zero-order valence-corrected chi connectivity index (χ0v) is 23.5. The fourth-order valence-electron chi connectivity index (χ4n) is 5.70. The van der Waals surface area contributed by atoms with Crippen LogP contribution in [0.5, 0.6) is 0 Å². The van der Waals surface area contributed by atoms with Gasteiger partial charge in [0.05, 0.1) is 5.57 Å². The van der Waals surface area contributed by atoms with E-state index in [1.54, 1.807) is 29.2 Å². The van der Waals surface area contributed by atoms with Gasteiger partial charge >= 0.3 is 0 Å². The molecule has 0 radical (unpaired) electrons. The summed E-state index contributed by atoms with van der Waals surface area (Å²) in [6.45, 7) is 4.01. The second-order valence-electron chi connectivity index (χ2n) is 10.5. The number of amides is 1. The minimum Gasteiger partial charge on any atom is -0.384 e. The van der Waals surface area contributed by atoms with Crippen LogP contribution in [0.1, 0.15) is 37.8 Å². The van der Waals surface area contributed by atoms with Gasteiger partial charge < -0.3 is 11.1 Å². The average Bonchev–Trinajstić information content (AvgIpc) is 3.46. The first-order valence-electron chi connectivity index (χ1n) is 12.3. The fraction of sp³-hybridized carbons (Fsp3) is 0.250. The van der Waals surface area contributed by atoms with E-state index in [2.05, 4.69) is 21.6 Å². The molecule has 6 rings (SSSR count). The molecule has 1 atom stereocenters. The van der Waals surface area contributed by atoms with Crippen molar-refractivity contribution in [2.45, 2.75) is 42.2 Å². The van der Waals surface area contributed by atoms with Crippen molar-refractivity contribution in [1.29, 1.82) is 5.26 Å². The Balaban J connectivity index is 1.50. The second-order valence-corrected chi connectivity index (χ2v) is 13.0. The van der Waals surface area contributed by atoms with E-state index in [-0.39, 0.29) is 34.6 Å². The number of hydrogen-bond acceptors (Lipinski definition) is 9. The van der Waals surface area contributed by atoms with Gasteiger partial charge in [0.15, 0.2) is 10.1 Å². The predicted molar refractivity (Wildman–Crippen MR) is 152 cm³/mol. The van der Waals surface area contributed by atoms with Crippen molar-refractivity contribution in [3.8, 4) is 6.07 Å². The lowest BCUT2D eigenvalue weighted by Gasteiger charge is -2.45. The molecule has 0 unspecified atom stereocenters. The number of rotatable bonds is 4. The number of nitrogens with two attached hydrogens (primary N) is 1. The Morgan fingerprint density at radius 2 is 1.90 bits per heavy atom. The summed E-state index contributed by atoms with van der Waals surface area (Å²) in [5.74, 6) is 0.0445. The summed E-state index contributed by atoms with van der Waals surface area (Å²) in [5.41, 5.74) is 7.73. The summed E-state index contributed by atoms with van der Waals surface area (Å²) in [6.07, 6.45) is 0.705. The Kier molecular flexibility index (Phi) is 6.06. The van der Waals surface area contributed by atoms with E-state index in [4.69, 9.17) is 17.3 Å². The molecule has 0 saturated carbocycles. The number of carbonyl (C=O) groups excluding carboxylic acids is 2. The van der Waals surface area contributed by atoms with Gasteiger partial charge in [-0.1, -0.05) is 84.9 Å². The van der Waals surface area contributed by atoms with Crippen molar-refractivity contribution in [2.75, 3.05) is 10.2 Å². The molecule has 1 aliphatic carbocycles. The van der Waals surface area contributed by atoms with E-state index < -0.39 is 11.3 Å². The summed E-state index contributed by atoms with van der Waals surface area (Å²) in [5, 5.41) is 23.2. The number of allylic oxidation sites excluding steroid dienone is 1. The first kappa shape index (κ1) is 25.6. The first-order chi connectivity index (χ1) is 18.7. The van der Waals surface area contributed by atoms with Gasteiger partial charge in [-0.25, -0.2) is 0 Å². The van der Waals surface area contributed by atoms with E-state index >= 15 is 0 Å². The summed E-state index contributed by atoms with van der Waals surface area (Å²) in [6, 6.07) is 16.9. The second kappa shape index (κ2) is 9.23. The minimum absolute atomic E-state index is 0.0113. The quantitative estimate of drug-likeness (QED) is 0.390. The minimum atomic E-state index is -1.61. The van der Waals surface area contributed by atoms with E-state index in [1.165, 1.54) is 23.1 Å². The number of halogens is 1. The molecule has 2 aromatic carbocycles. The molecule has 3 heterocycles. The van der Waals surface area contributed by atoms with Gasteiger partial charge in [0.25, 0.3) is 0 Å². The highest BCUT2D eigenvalue weighted by Crippen LogP contribution is 2.57. The number of para-hydroxylation sites is 1. The molecule has 3 aliphatic rings. The van der Waals surface area contributed by atoms with Crippen LogP contribution in [0.4, 0.5) is 10.8 Å². The van der Waals surface area contributed by atoms with Crippen LogP contribution in [0, 0.1) is 16.7 Å². The predicted octanol–water partition coefficient (Wildman–Crippen LogP) is 5.53. The first-order valence-corrected chi connectivity index (χ1v) is 14.4. The largest absolute Gasteiger partial charge is 0.384 e. The highest BCUT2D eigenvalue weighted by atomic mass is 35.5. The van der Waals surface area contributed by atoms with Crippen LogP contribution in [-0.2, 0) is 20.8 Å². The normalized spacial score (nSPS) is 21.6. The lowest BCUT2D eigenvalue weighted by molar-refractivity contribution is -0.123. The van der Waals surface area contributed by atoms with Gasteiger partial charge in [0, 0.05) is 39.7 Å². The molecule has 2 aliphatic heterocycles. The highest BCUT2D eigenvalue weighted by molar-refractivity contribution is 8.00. The number of anilines is 2. The number of Topliss-reactive ketones (excluding diaryl/α,β-unsaturated/α-hetero) is 1. The van der Waals surface area contributed by atoms with Crippen LogP contribution in [0.15, 0.2) is 75.5 Å². The lowest BCUT2D eigenvalue weighted by atomic mass is 9.61. The standard InChI is InChI=1S/C28H23ClN6O2S2/c1-27(2)11-20-22(21(36)12-27)28(16-8-4-6-10-19(16)32-24(28)37)17(13-30)23(31)35(20)25-33-34-26(39-25)38-14-15-7-3-5-9-18(15)29/h3-10H,11-12,14,31H2,1-2H3,(H,32,37)/t28-/m0/s1. The van der Waals surface area contributed by atoms with Gasteiger partial charge in [-0.15, -0.1) is 10.2 Å².